The molecule has 2 rings (SSSR count). The first-order valence-electron chi connectivity index (χ1n) is 6.42. The van der Waals surface area contributed by atoms with Crippen LogP contribution in [0.5, 0.6) is 0 Å². The molecule has 0 radical (unpaired) electrons. The average molecular weight is 407 g/mol. The van der Waals surface area contributed by atoms with E-state index in [1.54, 1.807) is 11.3 Å². The normalized spacial score (nSPS) is 12.8. The van der Waals surface area contributed by atoms with E-state index in [9.17, 15) is 0 Å². The molecule has 0 saturated carbocycles. The third kappa shape index (κ3) is 3.72. The molecule has 2 aromatic heterocycles. The summed E-state index contributed by atoms with van der Waals surface area (Å²) in [5.74, 6) is 2.03. The molecule has 2 aromatic rings. The zero-order valence-electron chi connectivity index (χ0n) is 11.0. The summed E-state index contributed by atoms with van der Waals surface area (Å²) in [7, 11) is 0. The SMILES string of the molecule is CCCNC(c1ccc(CC)o1)c1cc(Br)c(Br)s1. The van der Waals surface area contributed by atoms with E-state index >= 15 is 0 Å². The van der Waals surface area contributed by atoms with Gasteiger partial charge < -0.3 is 9.73 Å². The van der Waals surface area contributed by atoms with Crippen LogP contribution < -0.4 is 5.32 Å². The lowest BCUT2D eigenvalue weighted by Crippen LogP contribution is -2.21. The fraction of sp³-hybridized carbons (Fsp3) is 0.429. The van der Waals surface area contributed by atoms with Gasteiger partial charge >= 0.3 is 0 Å². The van der Waals surface area contributed by atoms with Crippen LogP contribution in [0.2, 0.25) is 0 Å². The lowest BCUT2D eigenvalue weighted by Gasteiger charge is -2.14. The maximum absolute atomic E-state index is 5.91. The molecule has 0 aromatic carbocycles. The molecule has 0 amide bonds. The van der Waals surface area contributed by atoms with Crippen LogP contribution in [0, 0.1) is 0 Å². The van der Waals surface area contributed by atoms with Crippen LogP contribution in [0.4, 0.5) is 0 Å². The fourth-order valence-corrected chi connectivity index (χ4v) is 4.05. The van der Waals surface area contributed by atoms with Gasteiger partial charge in [0.1, 0.15) is 17.6 Å². The highest BCUT2D eigenvalue weighted by Crippen LogP contribution is 2.38. The van der Waals surface area contributed by atoms with Gasteiger partial charge in [-0.3, -0.25) is 0 Å². The van der Waals surface area contributed by atoms with Crippen LogP contribution in [-0.2, 0) is 6.42 Å². The molecule has 2 nitrogen and oxygen atoms in total. The van der Waals surface area contributed by atoms with Gasteiger partial charge in [-0.25, -0.2) is 0 Å². The molecule has 0 aliphatic carbocycles. The van der Waals surface area contributed by atoms with Gasteiger partial charge in [0.2, 0.25) is 0 Å². The molecular formula is C14H17Br2NOS. The second kappa shape index (κ2) is 7.07. The van der Waals surface area contributed by atoms with Crippen molar-refractivity contribution in [2.75, 3.05) is 6.54 Å². The van der Waals surface area contributed by atoms with Crippen molar-refractivity contribution in [3.8, 4) is 0 Å². The molecule has 0 saturated heterocycles. The van der Waals surface area contributed by atoms with Crippen molar-refractivity contribution in [2.24, 2.45) is 0 Å². The Morgan fingerprint density at radius 2 is 2.11 bits per heavy atom. The van der Waals surface area contributed by atoms with E-state index in [-0.39, 0.29) is 6.04 Å². The third-order valence-corrected chi connectivity index (χ3v) is 6.18. The number of nitrogens with one attached hydrogen (secondary N) is 1. The predicted octanol–water partition coefficient (Wildman–Crippen LogP) is 5.52. The Bertz CT molecular complexity index is 516. The number of thiophene rings is 1. The first-order chi connectivity index (χ1) is 9.15. The number of aryl methyl sites for hydroxylation is 1. The molecule has 104 valence electrons. The Morgan fingerprint density at radius 1 is 1.32 bits per heavy atom. The summed E-state index contributed by atoms with van der Waals surface area (Å²) >= 11 is 8.84. The number of halogens is 2. The largest absolute Gasteiger partial charge is 0.464 e. The highest BCUT2D eigenvalue weighted by atomic mass is 79.9. The smallest absolute Gasteiger partial charge is 0.126 e. The molecule has 1 atom stereocenters. The number of hydrogen-bond donors (Lipinski definition) is 1. The molecule has 5 heteroatoms. The summed E-state index contributed by atoms with van der Waals surface area (Å²) < 4.78 is 8.12. The van der Waals surface area contributed by atoms with Crippen LogP contribution in [-0.4, -0.2) is 6.54 Å². The second-order valence-electron chi connectivity index (χ2n) is 4.32. The van der Waals surface area contributed by atoms with E-state index in [0.29, 0.717) is 0 Å². The minimum atomic E-state index is 0.132. The van der Waals surface area contributed by atoms with Crippen molar-refractivity contribution in [1.29, 1.82) is 0 Å². The summed E-state index contributed by atoms with van der Waals surface area (Å²) in [6.45, 7) is 5.25. The zero-order valence-corrected chi connectivity index (χ0v) is 15.0. The van der Waals surface area contributed by atoms with Crippen molar-refractivity contribution in [1.82, 2.24) is 5.32 Å². The van der Waals surface area contributed by atoms with E-state index in [4.69, 9.17) is 4.42 Å². The molecule has 0 aliphatic rings. The van der Waals surface area contributed by atoms with E-state index in [2.05, 4.69) is 69.2 Å². The topological polar surface area (TPSA) is 25.2 Å². The molecule has 0 bridgehead atoms. The van der Waals surface area contributed by atoms with Gasteiger partial charge in [0, 0.05) is 15.8 Å². The lowest BCUT2D eigenvalue weighted by molar-refractivity contribution is 0.424. The second-order valence-corrected chi connectivity index (χ2v) is 7.57. The molecule has 2 heterocycles. The zero-order chi connectivity index (χ0) is 13.8. The Balaban J connectivity index is 2.29. The molecule has 1 N–H and O–H groups in total. The summed E-state index contributed by atoms with van der Waals surface area (Å²) in [5, 5.41) is 3.55. The predicted molar refractivity (Wildman–Crippen MR) is 87.9 cm³/mol. The number of rotatable bonds is 6. The molecule has 19 heavy (non-hydrogen) atoms. The number of furan rings is 1. The van der Waals surface area contributed by atoms with Gasteiger partial charge in [0.05, 0.1) is 3.79 Å². The summed E-state index contributed by atoms with van der Waals surface area (Å²) in [6, 6.07) is 6.42. The van der Waals surface area contributed by atoms with Crippen LogP contribution >= 0.6 is 43.2 Å². The molecular weight excluding hydrogens is 390 g/mol. The van der Waals surface area contributed by atoms with E-state index in [1.165, 1.54) is 4.88 Å². The van der Waals surface area contributed by atoms with E-state index in [1.807, 2.05) is 0 Å². The highest BCUT2D eigenvalue weighted by Gasteiger charge is 2.20. The van der Waals surface area contributed by atoms with Crippen molar-refractivity contribution in [3.05, 3.63) is 42.9 Å². The fourth-order valence-electron chi connectivity index (χ4n) is 1.88. The first-order valence-corrected chi connectivity index (χ1v) is 8.82. The molecule has 1 unspecified atom stereocenters. The van der Waals surface area contributed by atoms with Crippen molar-refractivity contribution in [2.45, 2.75) is 32.7 Å². The van der Waals surface area contributed by atoms with Gasteiger partial charge in [-0.1, -0.05) is 13.8 Å². The summed E-state index contributed by atoms with van der Waals surface area (Å²) in [5.41, 5.74) is 0. The van der Waals surface area contributed by atoms with E-state index < -0.39 is 0 Å². The van der Waals surface area contributed by atoms with Crippen molar-refractivity contribution < 1.29 is 4.42 Å². The molecule has 0 aliphatic heterocycles. The Morgan fingerprint density at radius 3 is 2.63 bits per heavy atom. The first kappa shape index (κ1) is 15.3. The van der Waals surface area contributed by atoms with Crippen molar-refractivity contribution >= 4 is 43.2 Å². The van der Waals surface area contributed by atoms with Gasteiger partial charge in [-0.15, -0.1) is 11.3 Å². The molecule has 0 fully saturated rings. The lowest BCUT2D eigenvalue weighted by atomic mass is 10.2. The number of hydrogen-bond acceptors (Lipinski definition) is 3. The molecule has 0 spiro atoms. The standard InChI is InChI=1S/C14H17Br2NOS/c1-3-7-17-13(11-6-5-9(4-2)18-11)12-8-10(15)14(16)19-12/h5-6,8,13,17H,3-4,7H2,1-2H3. The van der Waals surface area contributed by atoms with Crippen molar-refractivity contribution in [3.63, 3.8) is 0 Å². The minimum Gasteiger partial charge on any atom is -0.464 e. The van der Waals surface area contributed by atoms with Crippen LogP contribution in [0.15, 0.2) is 30.9 Å². The highest BCUT2D eigenvalue weighted by molar-refractivity contribution is 9.13. The van der Waals surface area contributed by atoms with Crippen LogP contribution in [0.25, 0.3) is 0 Å². The van der Waals surface area contributed by atoms with Crippen LogP contribution in [0.1, 0.15) is 42.7 Å². The maximum atomic E-state index is 5.91. The minimum absolute atomic E-state index is 0.132. The third-order valence-electron chi connectivity index (χ3n) is 2.86. The average Bonchev–Trinajstić information content (AvgIpc) is 2.98. The monoisotopic (exact) mass is 405 g/mol. The van der Waals surface area contributed by atoms with Gasteiger partial charge in [0.15, 0.2) is 0 Å². The quantitative estimate of drug-likeness (QED) is 0.683. The summed E-state index contributed by atoms with van der Waals surface area (Å²) in [6.07, 6.45) is 2.03. The Hall–Kier alpha value is -0.1000. The van der Waals surface area contributed by atoms with Crippen LogP contribution in [0.3, 0.4) is 0 Å². The van der Waals surface area contributed by atoms with Gasteiger partial charge in [0.25, 0.3) is 0 Å². The Kier molecular flexibility index (Phi) is 5.69. The van der Waals surface area contributed by atoms with Gasteiger partial charge in [-0.05, 0) is 63.0 Å². The van der Waals surface area contributed by atoms with Gasteiger partial charge in [-0.2, -0.15) is 0 Å². The maximum Gasteiger partial charge on any atom is 0.126 e. The van der Waals surface area contributed by atoms with E-state index in [0.717, 1.165) is 39.2 Å². The summed E-state index contributed by atoms with van der Waals surface area (Å²) in [4.78, 5) is 1.25. The Labute approximate surface area is 134 Å².